The van der Waals surface area contributed by atoms with E-state index in [2.05, 4.69) is 50.4 Å². The molecule has 17 unspecified atom stereocenters. The second kappa shape index (κ2) is 57.0. The Morgan fingerprint density at radius 2 is 1.46 bits per heavy atom. The zero-order valence-electron chi connectivity index (χ0n) is 83.3. The third kappa shape index (κ3) is 34.3. The lowest BCUT2D eigenvalue weighted by molar-refractivity contribution is -0.335. The number of fused-ring (bicyclic) bond motifs is 2. The summed E-state index contributed by atoms with van der Waals surface area (Å²) in [6.07, 6.45) is -7.30. The van der Waals surface area contributed by atoms with E-state index in [1.807, 2.05) is 73.7 Å². The van der Waals surface area contributed by atoms with Crippen LogP contribution >= 0.6 is 55.9 Å². The van der Waals surface area contributed by atoms with Crippen LogP contribution in [-0.2, 0) is 108 Å². The molecule has 4 saturated heterocycles. The van der Waals surface area contributed by atoms with Crippen LogP contribution in [0.2, 0.25) is 0 Å². The van der Waals surface area contributed by atoms with Gasteiger partial charge in [-0.1, -0.05) is 119 Å². The zero-order valence-corrected chi connectivity index (χ0v) is 87.9. The molecule has 12 N–H and O–H groups in total. The first-order valence-corrected chi connectivity index (χ1v) is 52.8. The smallest absolute Gasteiger partial charge is 0.407 e. The van der Waals surface area contributed by atoms with Crippen LogP contribution in [-0.4, -0.2) is 287 Å². The van der Waals surface area contributed by atoms with Gasteiger partial charge in [0.2, 0.25) is 23.2 Å². The Hall–Kier alpha value is -8.88. The Kier molecular flexibility index (Phi) is 46.4. The minimum absolute atomic E-state index is 0.0138. The number of carbonyl (C=O) groups excluding carboxylic acids is 12. The molecule has 2 bridgehead atoms. The predicted molar refractivity (Wildman–Crippen MR) is 543 cm³/mol. The average Bonchev–Trinajstić information content (AvgIpc) is 0.892. The monoisotopic (exact) mass is 2170 g/mol. The van der Waals surface area contributed by atoms with Crippen molar-refractivity contribution in [1.82, 2.24) is 26.3 Å². The van der Waals surface area contributed by atoms with Crippen molar-refractivity contribution in [3.63, 3.8) is 0 Å². The van der Waals surface area contributed by atoms with Gasteiger partial charge in [0.15, 0.2) is 36.0 Å². The van der Waals surface area contributed by atoms with Gasteiger partial charge in [0.25, 0.3) is 11.8 Å². The van der Waals surface area contributed by atoms with Crippen LogP contribution in [0.4, 0.5) is 15.3 Å². The number of hydroxylamine groups is 1. The highest BCUT2D eigenvalue weighted by atomic mass is 127. The lowest BCUT2D eigenvalue weighted by Crippen LogP contribution is -2.64. The molecular weight excluding hydrogens is 2040 g/mol. The number of ether oxygens (including phenoxy) is 12. The maximum absolute atomic E-state index is 14.6. The fourth-order valence-electron chi connectivity index (χ4n) is 17.7. The Labute approximate surface area is 865 Å². The van der Waals surface area contributed by atoms with Crippen molar-refractivity contribution in [2.24, 2.45) is 23.5 Å². The number of carbonyl (C=O) groups is 12. The first kappa shape index (κ1) is 117. The standard InChI is InChI=1S/C103H136IN7O30S3/c1-58-49-82(133-57-69(58)50-59(2)112)139-94-89(122)87(110-141-83-54-76(116)95(65(8)135-83)143-97(125)84-61(4)86(104)92(62(5)91(84)129-11)140-98-90(123)93(130-12)88(121)64(7)137-98)63(6)136-99(94)138-78-29-19-13-14-21-39-103(128)55-77(117)72(51-60(3)113)85(78)73(103)38-48-142-144-102(9,10)40-37-71(114)28-24-44-131-46-47-132-45-42-107-101(127)134-56-67-31-33-70(34-32-67)108-96(124)68(27-23-41-106-100(105)126)53-75(115)74(52-66-25-17-15-18-26-66)109-79(118)30-20-16-22-43-111-80(119)35-36-81(111)120/h13-15,17-18,25-26,31-36,38,58,63-65,68-69,74,76,78,82-83,87-90,93-95,98-99,110,116,121-123,128H,16,20,22-24,27-28,30,37,40-57H2,1-12H3,(H,107,127)(H,108,124)(H,109,118)(H3,105,106,126)/b14-13-,73-38+/t58?,63?,64?,65?,68-,69?,74+,76?,78+,82?,83?,87?,88?,89?,90?,93?,94?,95?,98?,99?,103+/m1/s1. The molecule has 3 aromatic rings. The summed E-state index contributed by atoms with van der Waals surface area (Å²) in [7, 11) is 5.71. The summed E-state index contributed by atoms with van der Waals surface area (Å²) in [6.45, 7) is 18.6. The SMILES string of the molecule is COc1c(C)c(OC2OC(C)C(O)C(OC)C2O)c(I)c(C)c1C(=O)SC1C(O)CC(ONC2C(C)OC(O[C@H]3C#C/C=C\C#C[C@]4(O)CC(=O)C(CC(C)=O)=C3/C4=C\CSSC(C)(C)CCC(=O)CCCOCCOCCNC(=O)OCc3ccc(NC(=O)[C@H](CCCNC(N)=O)CC(=O)[C@H](Cc4ccccc4)NC(=O)CCCCCN4C(=O)C=CC4=O)cc3)C(OC3CC(C)C(CC(C)=O)CO3)C2O)OC1C. The van der Waals surface area contributed by atoms with Gasteiger partial charge in [-0.15, -0.1) is 0 Å². The third-order valence-electron chi connectivity index (χ3n) is 25.7. The Bertz CT molecular complexity index is 5210. The van der Waals surface area contributed by atoms with E-state index >= 15 is 0 Å². The lowest BCUT2D eigenvalue weighted by atomic mass is 9.72. The number of rotatable bonds is 54. The fraction of sp³-hybridized carbons (Fsp3) is 0.592. The van der Waals surface area contributed by atoms with Gasteiger partial charge in [-0.3, -0.25) is 52.9 Å². The zero-order chi connectivity index (χ0) is 105. The number of halogens is 1. The van der Waals surface area contributed by atoms with E-state index in [-0.39, 0.29) is 209 Å². The summed E-state index contributed by atoms with van der Waals surface area (Å²) in [5.41, 5.74) is 9.25. The van der Waals surface area contributed by atoms with Gasteiger partial charge in [0.1, 0.15) is 72.1 Å². The number of alkyl carbamates (subject to hydrolysis) is 1. The molecule has 21 atom stereocenters. The number of nitrogens with two attached hydrogens (primary N) is 1. The quantitative estimate of drug-likeness (QED) is 0.00626. The van der Waals surface area contributed by atoms with E-state index in [0.29, 0.717) is 71.1 Å². The van der Waals surface area contributed by atoms with Gasteiger partial charge in [-0.25, -0.2) is 9.59 Å². The number of urea groups is 1. The van der Waals surface area contributed by atoms with Crippen LogP contribution < -0.4 is 42.0 Å². The molecule has 41 heteroatoms. The van der Waals surface area contributed by atoms with Crippen molar-refractivity contribution in [3.05, 3.63) is 133 Å². The molecule has 788 valence electrons. The van der Waals surface area contributed by atoms with Gasteiger partial charge >= 0.3 is 12.1 Å². The van der Waals surface area contributed by atoms with Crippen LogP contribution in [0.3, 0.4) is 0 Å². The third-order valence-corrected chi connectivity index (χ3v) is 31.6. The van der Waals surface area contributed by atoms with Crippen LogP contribution in [0.15, 0.2) is 102 Å². The molecule has 0 spiro atoms. The summed E-state index contributed by atoms with van der Waals surface area (Å²) in [5.74, 6) is 8.45. The number of amides is 7. The number of nitrogens with zero attached hydrogens (tertiary/aromatic N) is 1. The molecule has 2 aliphatic carbocycles. The van der Waals surface area contributed by atoms with Crippen molar-refractivity contribution in [3.8, 4) is 35.2 Å². The molecule has 3 aromatic carbocycles. The van der Waals surface area contributed by atoms with Crippen molar-refractivity contribution in [1.29, 1.82) is 0 Å². The maximum Gasteiger partial charge on any atom is 0.407 e. The number of aliphatic hydroxyl groups excluding tert-OH is 4. The van der Waals surface area contributed by atoms with Gasteiger partial charge in [0, 0.05) is 141 Å². The molecule has 7 aliphatic rings. The number of ketones is 5. The van der Waals surface area contributed by atoms with E-state index in [0.717, 1.165) is 22.2 Å². The first-order chi connectivity index (χ1) is 68.7. The van der Waals surface area contributed by atoms with E-state index in [1.165, 1.54) is 74.0 Å². The van der Waals surface area contributed by atoms with Gasteiger partial charge < -0.3 is 114 Å². The van der Waals surface area contributed by atoms with E-state index in [4.69, 9.17) is 67.4 Å². The highest BCUT2D eigenvalue weighted by Crippen LogP contribution is 2.47. The Balaban J connectivity index is 0.671. The van der Waals surface area contributed by atoms with Crippen LogP contribution in [0, 0.1) is 58.9 Å². The predicted octanol–water partition coefficient (Wildman–Crippen LogP) is 9.17. The number of Topliss-reactive ketones (excluding diaryl/α,β-unsaturated/α-hetero) is 5. The molecule has 7 amide bonds. The highest BCUT2D eigenvalue weighted by Gasteiger charge is 2.53. The number of unbranched alkanes of at least 4 members (excludes halogenated alkanes) is 2. The van der Waals surface area contributed by atoms with E-state index in [1.54, 1.807) is 65.0 Å². The molecule has 37 nitrogen and oxygen atoms in total. The Morgan fingerprint density at radius 1 is 0.743 bits per heavy atom. The number of hydrogen-bond acceptors (Lipinski definition) is 34. The average molecular weight is 2180 g/mol. The van der Waals surface area contributed by atoms with Gasteiger partial charge in [-0.05, 0) is 183 Å². The molecule has 0 aromatic heterocycles. The van der Waals surface area contributed by atoms with Crippen molar-refractivity contribution < 1.29 is 145 Å². The van der Waals surface area contributed by atoms with Gasteiger partial charge in [0.05, 0.1) is 90.8 Å². The largest absolute Gasteiger partial charge is 0.496 e. The number of primary amides is 1. The molecule has 144 heavy (non-hydrogen) atoms. The number of hydrogen-bond donors (Lipinski definition) is 11. The summed E-state index contributed by atoms with van der Waals surface area (Å²) < 4.78 is 73.2. The highest BCUT2D eigenvalue weighted by molar-refractivity contribution is 14.1. The summed E-state index contributed by atoms with van der Waals surface area (Å²) in [5, 5.41) is 68.7. The molecule has 4 fully saturated rings. The molecule has 5 aliphatic heterocycles. The lowest BCUT2D eigenvalue weighted by Gasteiger charge is -2.46. The number of imide groups is 1. The van der Waals surface area contributed by atoms with Crippen molar-refractivity contribution >= 4 is 131 Å². The summed E-state index contributed by atoms with van der Waals surface area (Å²) >= 11 is 2.90. The maximum atomic E-state index is 14.6. The number of thioether (sulfide) groups is 1. The number of nitrogens with one attached hydrogen (secondary N) is 5. The van der Waals surface area contributed by atoms with Crippen LogP contribution in [0.25, 0.3) is 0 Å². The second-order valence-electron chi connectivity index (χ2n) is 37.5. The number of allylic oxidation sites excluding steroid dienone is 3. The number of benzene rings is 3. The summed E-state index contributed by atoms with van der Waals surface area (Å²) in [6, 6.07) is 12.9. The second-order valence-corrected chi connectivity index (χ2v) is 42.8. The van der Waals surface area contributed by atoms with E-state index < -0.39 is 155 Å². The number of methoxy groups -OCH3 is 2. The molecule has 5 heterocycles. The van der Waals surface area contributed by atoms with Crippen LogP contribution in [0.1, 0.15) is 191 Å². The molecular formula is C103H136IN7O30S3. The van der Waals surface area contributed by atoms with Crippen molar-refractivity contribution in [2.45, 2.75) is 299 Å². The normalized spacial score (nSPS) is 26.7. The first-order valence-electron chi connectivity index (χ1n) is 48.5. The molecule has 0 radical (unpaired) electrons. The number of anilines is 1. The number of aliphatic hydroxyl groups is 5. The minimum atomic E-state index is -2.13. The van der Waals surface area contributed by atoms with Crippen molar-refractivity contribution in [2.75, 3.05) is 78.0 Å². The molecule has 0 saturated carbocycles. The minimum Gasteiger partial charge on any atom is -0.496 e. The van der Waals surface area contributed by atoms with Crippen LogP contribution in [0.5, 0.6) is 11.5 Å². The molecule has 10 rings (SSSR count). The van der Waals surface area contributed by atoms with E-state index in [9.17, 15) is 83.1 Å². The topological polar surface area (TPSA) is 515 Å². The van der Waals surface area contributed by atoms with Gasteiger partial charge in [-0.2, -0.15) is 5.48 Å². The summed E-state index contributed by atoms with van der Waals surface area (Å²) in [4.78, 5) is 165. The Morgan fingerprint density at radius 3 is 2.15 bits per heavy atom. The fourth-order valence-corrected chi connectivity index (χ4v) is 22.1.